The van der Waals surface area contributed by atoms with E-state index in [1.165, 1.54) is 21.9 Å². The Balaban J connectivity index is 0.00000441. The molecule has 4 aromatic carbocycles. The van der Waals surface area contributed by atoms with Gasteiger partial charge in [0.25, 0.3) is 0 Å². The van der Waals surface area contributed by atoms with Crippen LogP contribution in [-0.4, -0.2) is 41.4 Å². The second-order valence-electron chi connectivity index (χ2n) is 9.60. The molecule has 0 fully saturated rings. The number of hydrogen-bond acceptors (Lipinski definition) is 4. The molecule has 0 aliphatic rings. The third-order valence-corrected chi connectivity index (χ3v) is 10.4. The average molecular weight is 563 g/mol. The summed E-state index contributed by atoms with van der Waals surface area (Å²) < 4.78 is 24.1. The summed E-state index contributed by atoms with van der Waals surface area (Å²) in [6.07, 6.45) is -0.578. The van der Waals surface area contributed by atoms with Gasteiger partial charge in [0.05, 0.1) is 6.61 Å². The largest absolute Gasteiger partial charge is 1.00 e. The molecule has 0 bridgehead atoms. The maximum absolute atomic E-state index is 6.18. The van der Waals surface area contributed by atoms with E-state index in [1.54, 1.807) is 0 Å². The summed E-state index contributed by atoms with van der Waals surface area (Å²) in [6, 6.07) is 41.9. The van der Waals surface area contributed by atoms with Gasteiger partial charge in [0, 0.05) is 25.9 Å². The van der Waals surface area contributed by atoms with Crippen LogP contribution in [-0.2, 0) is 13.3 Å². The summed E-state index contributed by atoms with van der Waals surface area (Å²) in [5.41, 5.74) is 5.11. The maximum Gasteiger partial charge on any atom is 1.00 e. The van der Waals surface area contributed by atoms with Crippen molar-refractivity contribution >= 4 is 36.8 Å². The average Bonchev–Trinajstić information content (AvgIpc) is 2.99. The van der Waals surface area contributed by atoms with Crippen molar-refractivity contribution in [3.8, 4) is 5.75 Å². The van der Waals surface area contributed by atoms with Gasteiger partial charge >= 0.3 is 38.4 Å². The molecular formula is C33H40BNaO4Si. The molecular weight excluding hydrogens is 522 g/mol. The molecule has 204 valence electrons. The maximum atomic E-state index is 6.18. The van der Waals surface area contributed by atoms with Crippen LogP contribution in [0.5, 0.6) is 5.75 Å². The van der Waals surface area contributed by atoms with Gasteiger partial charge in [-0.2, -0.15) is 21.9 Å². The van der Waals surface area contributed by atoms with Gasteiger partial charge in [0.2, 0.25) is 0 Å². The first-order valence-electron chi connectivity index (χ1n) is 14.2. The minimum Gasteiger partial charge on any atom is -0.494 e. The van der Waals surface area contributed by atoms with Crippen LogP contribution in [0.2, 0.25) is 6.04 Å². The van der Waals surface area contributed by atoms with Crippen LogP contribution < -0.4 is 56.1 Å². The normalized spacial score (nSPS) is 11.6. The first kappa shape index (κ1) is 32.4. The molecule has 0 amide bonds. The summed E-state index contributed by atoms with van der Waals surface area (Å²) >= 11 is 0. The number of benzene rings is 4. The van der Waals surface area contributed by atoms with E-state index in [-0.39, 0.29) is 29.6 Å². The molecule has 4 rings (SSSR count). The Morgan fingerprint density at radius 1 is 0.525 bits per heavy atom. The molecule has 4 aromatic rings. The second kappa shape index (κ2) is 16.3. The Labute approximate surface area is 263 Å². The zero-order valence-corrected chi connectivity index (χ0v) is 27.4. The summed E-state index contributed by atoms with van der Waals surface area (Å²) in [6.45, 7) is 8.29. The smallest absolute Gasteiger partial charge is 0.494 e. The van der Waals surface area contributed by atoms with Crippen molar-refractivity contribution < 1.29 is 47.6 Å². The van der Waals surface area contributed by atoms with Crippen molar-refractivity contribution in [3.63, 3.8) is 0 Å². The molecule has 0 saturated carbocycles. The van der Waals surface area contributed by atoms with Crippen molar-refractivity contribution in [2.45, 2.75) is 33.2 Å². The van der Waals surface area contributed by atoms with Crippen LogP contribution >= 0.6 is 0 Å². The molecule has 4 nitrogen and oxygen atoms in total. The topological polar surface area (TPSA) is 36.9 Å². The van der Waals surface area contributed by atoms with Gasteiger partial charge in [-0.25, -0.2) is 0 Å². The van der Waals surface area contributed by atoms with E-state index < -0.39 is 15.0 Å². The molecule has 0 aliphatic heterocycles. The number of rotatable bonds is 15. The Kier molecular flexibility index (Phi) is 13.2. The molecule has 0 aromatic heterocycles. The van der Waals surface area contributed by atoms with Gasteiger partial charge in [-0.15, -0.1) is 0 Å². The first-order chi connectivity index (χ1) is 19.2. The molecule has 0 heterocycles. The quantitative estimate of drug-likeness (QED) is 0.164. The van der Waals surface area contributed by atoms with E-state index in [1.807, 2.05) is 20.8 Å². The van der Waals surface area contributed by atoms with Crippen molar-refractivity contribution in [3.05, 3.63) is 115 Å². The molecule has 0 saturated heterocycles. The standard InChI is InChI=1S/C33H40BO4Si.Na/c1-4-36-39(37-5-2,38-6-3)28-16-27-35-33-25-23-32(24-26-33)34(29-17-10-7-11-18-29,30-19-12-8-13-20-30)31-21-14-9-15-22-31;/h7-15,17-26H,4-6,16,27-28H2,1-3H3;/q-1;+1. The van der Waals surface area contributed by atoms with Crippen LogP contribution in [0, 0.1) is 0 Å². The Hall–Kier alpha value is -2.16. The molecule has 0 atom stereocenters. The van der Waals surface area contributed by atoms with Gasteiger partial charge in [-0.05, 0) is 39.3 Å². The van der Waals surface area contributed by atoms with Gasteiger partial charge in [-0.1, -0.05) is 103 Å². The van der Waals surface area contributed by atoms with Crippen molar-refractivity contribution in [1.82, 2.24) is 0 Å². The zero-order chi connectivity index (χ0) is 27.4. The summed E-state index contributed by atoms with van der Waals surface area (Å²) in [5, 5.41) is 0. The Bertz CT molecular complexity index is 1130. The van der Waals surface area contributed by atoms with Gasteiger partial charge < -0.3 is 18.0 Å². The van der Waals surface area contributed by atoms with E-state index in [2.05, 4.69) is 115 Å². The third-order valence-electron chi connectivity index (χ3n) is 7.27. The minimum atomic E-state index is -2.66. The van der Waals surface area contributed by atoms with Crippen LogP contribution in [0.1, 0.15) is 27.2 Å². The molecule has 7 heteroatoms. The number of hydrogen-bond donors (Lipinski definition) is 0. The Morgan fingerprint density at radius 3 is 1.27 bits per heavy atom. The van der Waals surface area contributed by atoms with Crippen molar-refractivity contribution in [2.24, 2.45) is 0 Å². The summed E-state index contributed by atoms with van der Waals surface area (Å²) in [5.74, 6) is 0.856. The van der Waals surface area contributed by atoms with E-state index in [9.17, 15) is 0 Å². The predicted molar refractivity (Wildman–Crippen MR) is 166 cm³/mol. The molecule has 0 aliphatic carbocycles. The third kappa shape index (κ3) is 7.56. The molecule has 40 heavy (non-hydrogen) atoms. The van der Waals surface area contributed by atoms with Gasteiger partial charge in [0.15, 0.2) is 0 Å². The molecule has 0 N–H and O–H groups in total. The van der Waals surface area contributed by atoms with E-state index in [0.717, 1.165) is 18.2 Å². The van der Waals surface area contributed by atoms with E-state index in [0.29, 0.717) is 26.4 Å². The first-order valence-corrected chi connectivity index (χ1v) is 16.1. The fraction of sp³-hybridized carbons (Fsp3) is 0.273. The predicted octanol–water partition coefficient (Wildman–Crippen LogP) is 1.89. The van der Waals surface area contributed by atoms with Crippen LogP contribution in [0.25, 0.3) is 0 Å². The van der Waals surface area contributed by atoms with Crippen LogP contribution in [0.3, 0.4) is 0 Å². The SMILES string of the molecule is CCO[Si](CCCOc1ccc([B-](c2ccccc2)(c2ccccc2)c2ccccc2)cc1)(OCC)OCC.[Na+]. The zero-order valence-electron chi connectivity index (χ0n) is 24.4. The van der Waals surface area contributed by atoms with Gasteiger partial charge in [-0.3, -0.25) is 0 Å². The van der Waals surface area contributed by atoms with Crippen LogP contribution in [0.15, 0.2) is 115 Å². The van der Waals surface area contributed by atoms with Gasteiger partial charge in [0.1, 0.15) is 11.9 Å². The fourth-order valence-corrected chi connectivity index (χ4v) is 8.29. The summed E-state index contributed by atoms with van der Waals surface area (Å²) in [4.78, 5) is 0. The minimum absolute atomic E-state index is 0. The van der Waals surface area contributed by atoms with Crippen molar-refractivity contribution in [1.29, 1.82) is 0 Å². The molecule has 0 unspecified atom stereocenters. The molecule has 0 spiro atoms. The summed E-state index contributed by atoms with van der Waals surface area (Å²) in [7, 11) is -2.66. The van der Waals surface area contributed by atoms with Crippen LogP contribution in [0.4, 0.5) is 0 Å². The monoisotopic (exact) mass is 562 g/mol. The second-order valence-corrected chi connectivity index (χ2v) is 12.3. The van der Waals surface area contributed by atoms with Crippen molar-refractivity contribution in [2.75, 3.05) is 26.4 Å². The van der Waals surface area contributed by atoms with E-state index in [4.69, 9.17) is 18.0 Å². The number of ether oxygens (including phenoxy) is 1. The Morgan fingerprint density at radius 2 is 0.900 bits per heavy atom. The molecule has 0 radical (unpaired) electrons. The fourth-order valence-electron chi connectivity index (χ4n) is 5.71. The van der Waals surface area contributed by atoms with E-state index >= 15 is 0 Å².